The van der Waals surface area contributed by atoms with Gasteiger partial charge in [0.2, 0.25) is 17.7 Å². The highest BCUT2D eigenvalue weighted by atomic mass is 16.4. The average molecular weight is 424 g/mol. The quantitative estimate of drug-likeness (QED) is 0.338. The van der Waals surface area contributed by atoms with E-state index in [1.54, 1.807) is 20.8 Å². The van der Waals surface area contributed by atoms with Crippen LogP contribution in [0.5, 0.6) is 0 Å². The number of nitrogens with two attached hydrogens (primary N) is 1. The zero-order chi connectivity index (χ0) is 22.5. The van der Waals surface area contributed by atoms with Crippen LogP contribution in [0, 0.1) is 5.92 Å². The summed E-state index contributed by atoms with van der Waals surface area (Å²) in [7, 11) is -1.61. The van der Waals surface area contributed by atoms with E-state index in [1.165, 1.54) is 4.90 Å². The van der Waals surface area contributed by atoms with E-state index in [4.69, 9.17) is 5.73 Å². The van der Waals surface area contributed by atoms with Crippen molar-refractivity contribution in [2.75, 3.05) is 6.54 Å². The van der Waals surface area contributed by atoms with Gasteiger partial charge in [0.25, 0.3) is 0 Å². The molecule has 0 spiro atoms. The summed E-state index contributed by atoms with van der Waals surface area (Å²) in [4.78, 5) is 39.8. The van der Waals surface area contributed by atoms with Crippen LogP contribution in [0.25, 0.3) is 0 Å². The molecule has 0 aromatic carbocycles. The predicted octanol–water partition coefficient (Wildman–Crippen LogP) is -0.313. The van der Waals surface area contributed by atoms with Crippen LogP contribution in [0.1, 0.15) is 72.1 Å². The Kier molecular flexibility index (Phi) is 8.69. The van der Waals surface area contributed by atoms with Crippen molar-refractivity contribution in [3.8, 4) is 0 Å². The smallest absolute Gasteiger partial charge is 0.426 e. The number of carbonyl (C=O) groups is 3. The maximum absolute atomic E-state index is 12.9. The van der Waals surface area contributed by atoms with Gasteiger partial charge in [0.1, 0.15) is 11.6 Å². The van der Waals surface area contributed by atoms with Crippen molar-refractivity contribution in [3.63, 3.8) is 0 Å². The van der Waals surface area contributed by atoms with E-state index < -0.39 is 36.6 Å². The molecule has 3 amide bonds. The molecular formula is C20H37BN4O5. The second-order valence-corrected chi connectivity index (χ2v) is 9.13. The number of nitrogens with zero attached hydrogens (tertiary/aromatic N) is 1. The molecule has 0 aromatic heterocycles. The SMILES string of the molecule is CC[C@H](NC(=O)C(C)(C)NC(=O)[C@@H](N)C1CCCCC1)C(=O)N1CCC[C@H]1B(O)O. The average Bonchev–Trinajstić information content (AvgIpc) is 3.21. The number of likely N-dealkylation sites (tertiary alicyclic amines) is 1. The van der Waals surface area contributed by atoms with Gasteiger partial charge < -0.3 is 31.3 Å². The van der Waals surface area contributed by atoms with Gasteiger partial charge in [-0.25, -0.2) is 0 Å². The van der Waals surface area contributed by atoms with Crippen LogP contribution in [-0.4, -0.2) is 69.9 Å². The highest BCUT2D eigenvalue weighted by Gasteiger charge is 2.41. The summed E-state index contributed by atoms with van der Waals surface area (Å²) in [5.41, 5.74) is 4.91. The normalized spacial score (nSPS) is 22.3. The highest BCUT2D eigenvalue weighted by Crippen LogP contribution is 2.26. The molecule has 1 saturated heterocycles. The number of carbonyl (C=O) groups excluding carboxylic acids is 3. The molecule has 2 rings (SSSR count). The lowest BCUT2D eigenvalue weighted by molar-refractivity contribution is -0.139. The lowest BCUT2D eigenvalue weighted by Gasteiger charge is -2.33. The fraction of sp³-hybridized carbons (Fsp3) is 0.850. The molecule has 0 bridgehead atoms. The molecule has 9 nitrogen and oxygen atoms in total. The maximum atomic E-state index is 12.9. The van der Waals surface area contributed by atoms with E-state index in [0.29, 0.717) is 25.8 Å². The zero-order valence-electron chi connectivity index (χ0n) is 18.4. The van der Waals surface area contributed by atoms with Gasteiger partial charge >= 0.3 is 7.12 Å². The van der Waals surface area contributed by atoms with Gasteiger partial charge in [-0.3, -0.25) is 14.4 Å². The molecule has 0 aromatic rings. The van der Waals surface area contributed by atoms with Crippen molar-refractivity contribution >= 4 is 24.8 Å². The monoisotopic (exact) mass is 424 g/mol. The molecule has 1 heterocycles. The minimum Gasteiger partial charge on any atom is -0.426 e. The van der Waals surface area contributed by atoms with Crippen LogP contribution in [0.4, 0.5) is 0 Å². The second kappa shape index (κ2) is 10.6. The van der Waals surface area contributed by atoms with Crippen molar-refractivity contribution in [2.45, 2.75) is 95.7 Å². The standard InChI is InChI=1S/C20H37BN4O5/c1-4-14(18(27)25-12-8-11-15(25)21(29)30)23-19(28)20(2,3)24-17(26)16(22)13-9-6-5-7-10-13/h13-16,29-30H,4-12,22H2,1-3H3,(H,23,28)(H,24,26)/t14-,15-,16-/m0/s1. The number of amides is 3. The van der Waals surface area contributed by atoms with Crippen molar-refractivity contribution in [3.05, 3.63) is 0 Å². The minimum absolute atomic E-state index is 0.125. The Labute approximate surface area is 179 Å². The van der Waals surface area contributed by atoms with Crippen LogP contribution in [0.15, 0.2) is 0 Å². The molecule has 30 heavy (non-hydrogen) atoms. The molecule has 0 unspecified atom stereocenters. The van der Waals surface area contributed by atoms with Crippen molar-refractivity contribution < 1.29 is 24.4 Å². The largest absolute Gasteiger partial charge is 0.475 e. The Morgan fingerprint density at radius 1 is 1.13 bits per heavy atom. The van der Waals surface area contributed by atoms with Crippen molar-refractivity contribution in [2.24, 2.45) is 11.7 Å². The van der Waals surface area contributed by atoms with Gasteiger partial charge in [0.05, 0.1) is 12.0 Å². The molecule has 2 fully saturated rings. The first-order valence-corrected chi connectivity index (χ1v) is 11.1. The summed E-state index contributed by atoms with van der Waals surface area (Å²) in [5.74, 6) is -1.72. The van der Waals surface area contributed by atoms with Crippen LogP contribution >= 0.6 is 0 Å². The highest BCUT2D eigenvalue weighted by molar-refractivity contribution is 6.43. The van der Waals surface area contributed by atoms with Crippen molar-refractivity contribution in [1.29, 1.82) is 0 Å². The first-order chi connectivity index (χ1) is 14.1. The third-order valence-corrected chi connectivity index (χ3v) is 6.40. The fourth-order valence-electron chi connectivity index (χ4n) is 4.41. The van der Waals surface area contributed by atoms with E-state index in [9.17, 15) is 24.4 Å². The maximum Gasteiger partial charge on any atom is 0.475 e. The number of hydrogen-bond acceptors (Lipinski definition) is 6. The summed E-state index contributed by atoms with van der Waals surface area (Å²) in [6.45, 7) is 5.36. The molecule has 0 radical (unpaired) electrons. The number of hydrogen-bond donors (Lipinski definition) is 5. The number of rotatable bonds is 8. The Morgan fingerprint density at radius 3 is 2.33 bits per heavy atom. The van der Waals surface area contributed by atoms with Gasteiger partial charge in [0, 0.05) is 6.54 Å². The molecule has 1 saturated carbocycles. The summed E-state index contributed by atoms with van der Waals surface area (Å²) < 4.78 is 0. The van der Waals surface area contributed by atoms with Crippen LogP contribution in [-0.2, 0) is 14.4 Å². The van der Waals surface area contributed by atoms with Crippen LogP contribution in [0.2, 0.25) is 0 Å². The third kappa shape index (κ3) is 5.95. The fourth-order valence-corrected chi connectivity index (χ4v) is 4.41. The lowest BCUT2D eigenvalue weighted by Crippen LogP contribution is -2.62. The predicted molar refractivity (Wildman–Crippen MR) is 114 cm³/mol. The van der Waals surface area contributed by atoms with E-state index in [1.807, 2.05) is 0 Å². The van der Waals surface area contributed by atoms with Crippen LogP contribution < -0.4 is 16.4 Å². The van der Waals surface area contributed by atoms with Gasteiger partial charge in [-0.15, -0.1) is 0 Å². The second-order valence-electron chi connectivity index (χ2n) is 9.13. The topological polar surface area (TPSA) is 145 Å². The molecular weight excluding hydrogens is 387 g/mol. The first kappa shape index (κ1) is 24.6. The molecule has 6 N–H and O–H groups in total. The van der Waals surface area contributed by atoms with Gasteiger partial charge in [-0.05, 0) is 51.9 Å². The van der Waals surface area contributed by atoms with E-state index in [-0.39, 0.29) is 17.7 Å². The molecule has 1 aliphatic heterocycles. The number of nitrogens with one attached hydrogen (secondary N) is 2. The Hall–Kier alpha value is -1.65. The Bertz CT molecular complexity index is 624. The van der Waals surface area contributed by atoms with E-state index in [0.717, 1.165) is 32.1 Å². The van der Waals surface area contributed by atoms with Crippen LogP contribution in [0.3, 0.4) is 0 Å². The summed E-state index contributed by atoms with van der Waals surface area (Å²) >= 11 is 0. The van der Waals surface area contributed by atoms with E-state index >= 15 is 0 Å². The molecule has 2 aliphatic rings. The van der Waals surface area contributed by atoms with Gasteiger partial charge in [0.15, 0.2) is 0 Å². The minimum atomic E-state index is -1.61. The molecule has 170 valence electrons. The summed E-state index contributed by atoms with van der Waals surface area (Å²) in [6, 6.07) is -1.46. The summed E-state index contributed by atoms with van der Waals surface area (Å²) in [6.07, 6.45) is 6.67. The Morgan fingerprint density at radius 2 is 1.77 bits per heavy atom. The Balaban J connectivity index is 1.97. The van der Waals surface area contributed by atoms with E-state index in [2.05, 4.69) is 10.6 Å². The molecule has 1 aliphatic carbocycles. The lowest BCUT2D eigenvalue weighted by atomic mass is 9.77. The third-order valence-electron chi connectivity index (χ3n) is 6.40. The molecule has 10 heteroatoms. The van der Waals surface area contributed by atoms with Gasteiger partial charge in [-0.1, -0.05) is 26.2 Å². The van der Waals surface area contributed by atoms with Gasteiger partial charge in [-0.2, -0.15) is 0 Å². The summed E-state index contributed by atoms with van der Waals surface area (Å²) in [5, 5.41) is 24.5. The van der Waals surface area contributed by atoms with Crippen molar-refractivity contribution in [1.82, 2.24) is 15.5 Å². The first-order valence-electron chi connectivity index (χ1n) is 11.1. The molecule has 3 atom stereocenters. The zero-order valence-corrected chi connectivity index (χ0v) is 18.4.